The number of halogens is 1. The largest absolute Gasteiger partial charge is 0.323 e. The van der Waals surface area contributed by atoms with Crippen LogP contribution in [0, 0.1) is 18.7 Å². The molecule has 0 radical (unpaired) electrons. The Morgan fingerprint density at radius 1 is 1.20 bits per heavy atom. The van der Waals surface area contributed by atoms with Crippen molar-refractivity contribution in [3.05, 3.63) is 64.5 Å². The van der Waals surface area contributed by atoms with Gasteiger partial charge in [-0.05, 0) is 37.3 Å². The summed E-state index contributed by atoms with van der Waals surface area (Å²) in [4.78, 5) is 29.1. The number of aryl methyl sites for hydroxylation is 1. The Balaban J connectivity index is 2.16. The molecule has 0 saturated heterocycles. The van der Waals surface area contributed by atoms with Gasteiger partial charge in [-0.25, -0.2) is 9.37 Å². The van der Waals surface area contributed by atoms with Gasteiger partial charge in [0.1, 0.15) is 11.6 Å². The number of nitrogens with zero attached hydrogens (tertiary/aromatic N) is 2. The van der Waals surface area contributed by atoms with Crippen molar-refractivity contribution in [3.63, 3.8) is 0 Å². The van der Waals surface area contributed by atoms with Crippen LogP contribution in [0.25, 0.3) is 16.6 Å². The summed E-state index contributed by atoms with van der Waals surface area (Å²) in [5.41, 5.74) is 0.851. The van der Waals surface area contributed by atoms with Gasteiger partial charge in [0.2, 0.25) is 5.91 Å². The number of anilines is 1. The standard InChI is InChI=1S/C19H18FN3O2/c1-11(2)18(24)22-17-10-13(8-9-15(17)20)23-12(3)21-16-7-5-4-6-14(16)19(23)25/h4-11H,1-3H3,(H,22,24). The van der Waals surface area contributed by atoms with Crippen LogP contribution < -0.4 is 10.9 Å². The molecule has 2 aromatic carbocycles. The first-order valence-corrected chi connectivity index (χ1v) is 7.97. The number of aromatic nitrogens is 2. The van der Waals surface area contributed by atoms with E-state index in [0.29, 0.717) is 22.4 Å². The van der Waals surface area contributed by atoms with E-state index in [0.717, 1.165) is 0 Å². The van der Waals surface area contributed by atoms with Gasteiger partial charge >= 0.3 is 0 Å². The Labute approximate surface area is 144 Å². The number of fused-ring (bicyclic) bond motifs is 1. The highest BCUT2D eigenvalue weighted by Gasteiger charge is 2.14. The summed E-state index contributed by atoms with van der Waals surface area (Å²) in [6.07, 6.45) is 0. The second kappa shape index (κ2) is 6.47. The molecule has 1 heterocycles. The number of benzene rings is 2. The van der Waals surface area contributed by atoms with Crippen molar-refractivity contribution in [2.75, 3.05) is 5.32 Å². The van der Waals surface area contributed by atoms with E-state index in [2.05, 4.69) is 10.3 Å². The molecule has 0 atom stereocenters. The number of para-hydroxylation sites is 1. The fourth-order valence-electron chi connectivity index (χ4n) is 2.57. The highest BCUT2D eigenvalue weighted by atomic mass is 19.1. The number of hydrogen-bond acceptors (Lipinski definition) is 3. The second-order valence-corrected chi connectivity index (χ2v) is 6.12. The van der Waals surface area contributed by atoms with Crippen LogP contribution in [0.2, 0.25) is 0 Å². The lowest BCUT2D eigenvalue weighted by atomic mass is 10.2. The molecule has 3 aromatic rings. The molecule has 0 aliphatic heterocycles. The van der Waals surface area contributed by atoms with Gasteiger partial charge in [0.25, 0.3) is 5.56 Å². The second-order valence-electron chi connectivity index (χ2n) is 6.12. The predicted octanol–water partition coefficient (Wildman–Crippen LogP) is 3.43. The van der Waals surface area contributed by atoms with Gasteiger partial charge in [-0.1, -0.05) is 26.0 Å². The minimum absolute atomic E-state index is 0.0376. The molecule has 1 N–H and O–H groups in total. The topological polar surface area (TPSA) is 64.0 Å². The molecular weight excluding hydrogens is 321 g/mol. The highest BCUT2D eigenvalue weighted by molar-refractivity contribution is 5.92. The van der Waals surface area contributed by atoms with Crippen LogP contribution in [-0.2, 0) is 4.79 Å². The van der Waals surface area contributed by atoms with E-state index in [1.165, 1.54) is 22.8 Å². The van der Waals surface area contributed by atoms with Gasteiger partial charge in [-0.3, -0.25) is 14.2 Å². The van der Waals surface area contributed by atoms with Crippen molar-refractivity contribution in [2.45, 2.75) is 20.8 Å². The zero-order chi connectivity index (χ0) is 18.1. The van der Waals surface area contributed by atoms with Crippen molar-refractivity contribution >= 4 is 22.5 Å². The number of carbonyl (C=O) groups excluding carboxylic acids is 1. The highest BCUT2D eigenvalue weighted by Crippen LogP contribution is 2.20. The van der Waals surface area contributed by atoms with Gasteiger partial charge < -0.3 is 5.32 Å². The average molecular weight is 339 g/mol. The lowest BCUT2D eigenvalue weighted by Crippen LogP contribution is -2.23. The fourth-order valence-corrected chi connectivity index (χ4v) is 2.57. The van der Waals surface area contributed by atoms with Gasteiger partial charge in [0.05, 0.1) is 22.3 Å². The minimum atomic E-state index is -0.558. The lowest BCUT2D eigenvalue weighted by Gasteiger charge is -2.14. The number of nitrogens with one attached hydrogen (secondary N) is 1. The van der Waals surface area contributed by atoms with E-state index < -0.39 is 5.82 Å². The zero-order valence-corrected chi connectivity index (χ0v) is 14.2. The molecule has 0 aliphatic rings. The predicted molar refractivity (Wildman–Crippen MR) is 95.5 cm³/mol. The van der Waals surface area contributed by atoms with E-state index >= 15 is 0 Å². The molecule has 0 spiro atoms. The number of hydrogen-bond donors (Lipinski definition) is 1. The molecule has 5 nitrogen and oxygen atoms in total. The molecule has 0 aliphatic carbocycles. The minimum Gasteiger partial charge on any atom is -0.323 e. The summed E-state index contributed by atoms with van der Waals surface area (Å²) in [6.45, 7) is 5.15. The lowest BCUT2D eigenvalue weighted by molar-refractivity contribution is -0.118. The monoisotopic (exact) mass is 339 g/mol. The van der Waals surface area contributed by atoms with E-state index in [-0.39, 0.29) is 23.1 Å². The Kier molecular flexibility index (Phi) is 4.35. The van der Waals surface area contributed by atoms with Gasteiger partial charge in [0.15, 0.2) is 0 Å². The van der Waals surface area contributed by atoms with E-state index in [9.17, 15) is 14.0 Å². The molecule has 6 heteroatoms. The first-order chi connectivity index (χ1) is 11.9. The molecule has 0 fully saturated rings. The van der Waals surface area contributed by atoms with Gasteiger partial charge in [0, 0.05) is 5.92 Å². The molecule has 0 unspecified atom stereocenters. The first kappa shape index (κ1) is 16.8. The van der Waals surface area contributed by atoms with Crippen LogP contribution in [-0.4, -0.2) is 15.5 Å². The van der Waals surface area contributed by atoms with Crippen LogP contribution in [0.15, 0.2) is 47.3 Å². The first-order valence-electron chi connectivity index (χ1n) is 7.97. The molecule has 0 bridgehead atoms. The third-order valence-corrected chi connectivity index (χ3v) is 3.93. The number of rotatable bonds is 3. The maximum absolute atomic E-state index is 14.0. The summed E-state index contributed by atoms with van der Waals surface area (Å²) in [6, 6.07) is 11.2. The zero-order valence-electron chi connectivity index (χ0n) is 14.2. The molecule has 1 amide bonds. The third-order valence-electron chi connectivity index (χ3n) is 3.93. The third kappa shape index (κ3) is 3.15. The molecule has 3 rings (SSSR count). The molecule has 1 aromatic heterocycles. The maximum Gasteiger partial charge on any atom is 0.265 e. The van der Waals surface area contributed by atoms with Crippen LogP contribution in [0.1, 0.15) is 19.7 Å². The average Bonchev–Trinajstić information content (AvgIpc) is 2.57. The van der Waals surface area contributed by atoms with Crippen molar-refractivity contribution in [2.24, 2.45) is 5.92 Å². The molecule has 0 saturated carbocycles. The van der Waals surface area contributed by atoms with Crippen molar-refractivity contribution in [3.8, 4) is 5.69 Å². The SMILES string of the molecule is Cc1nc2ccccc2c(=O)n1-c1ccc(F)c(NC(=O)C(C)C)c1. The van der Waals surface area contributed by atoms with E-state index in [1.54, 1.807) is 39.0 Å². The summed E-state index contributed by atoms with van der Waals surface area (Å²) < 4.78 is 15.5. The van der Waals surface area contributed by atoms with Crippen molar-refractivity contribution in [1.29, 1.82) is 0 Å². The Hall–Kier alpha value is -3.02. The van der Waals surface area contributed by atoms with Crippen LogP contribution >= 0.6 is 0 Å². The summed E-state index contributed by atoms with van der Waals surface area (Å²) >= 11 is 0. The Morgan fingerprint density at radius 2 is 1.92 bits per heavy atom. The van der Waals surface area contributed by atoms with E-state index in [1.807, 2.05) is 6.07 Å². The molecule has 128 valence electrons. The molecule has 25 heavy (non-hydrogen) atoms. The fraction of sp³-hybridized carbons (Fsp3) is 0.211. The van der Waals surface area contributed by atoms with Crippen LogP contribution in [0.4, 0.5) is 10.1 Å². The Morgan fingerprint density at radius 3 is 2.64 bits per heavy atom. The Bertz CT molecular complexity index is 1020. The summed E-state index contributed by atoms with van der Waals surface area (Å²) in [5.74, 6) is -0.653. The van der Waals surface area contributed by atoms with E-state index in [4.69, 9.17) is 0 Å². The van der Waals surface area contributed by atoms with Crippen molar-refractivity contribution in [1.82, 2.24) is 9.55 Å². The summed E-state index contributed by atoms with van der Waals surface area (Å²) in [7, 11) is 0. The van der Waals surface area contributed by atoms with Gasteiger partial charge in [-0.2, -0.15) is 0 Å². The quantitative estimate of drug-likeness (QED) is 0.795. The summed E-state index contributed by atoms with van der Waals surface area (Å²) in [5, 5.41) is 3.02. The number of carbonyl (C=O) groups is 1. The number of amides is 1. The molecular formula is C19H18FN3O2. The van der Waals surface area contributed by atoms with Crippen molar-refractivity contribution < 1.29 is 9.18 Å². The normalized spacial score (nSPS) is 11.1. The smallest absolute Gasteiger partial charge is 0.265 e. The van der Waals surface area contributed by atoms with Crippen LogP contribution in [0.5, 0.6) is 0 Å². The maximum atomic E-state index is 14.0. The van der Waals surface area contributed by atoms with Crippen LogP contribution in [0.3, 0.4) is 0 Å². The van der Waals surface area contributed by atoms with Gasteiger partial charge in [-0.15, -0.1) is 0 Å².